The summed E-state index contributed by atoms with van der Waals surface area (Å²) in [6.07, 6.45) is 0. The fourth-order valence-electron chi connectivity index (χ4n) is 3.59. The lowest BCUT2D eigenvalue weighted by molar-refractivity contribution is -0.383. The number of benzene rings is 2. The number of carbonyl (C=O) groups is 1. The van der Waals surface area contributed by atoms with E-state index < -0.39 is 4.92 Å². The number of hydrogen-bond donors (Lipinski definition) is 1. The van der Waals surface area contributed by atoms with E-state index in [2.05, 4.69) is 26.1 Å². The molecule has 0 aliphatic carbocycles. The molecule has 1 amide bonds. The van der Waals surface area contributed by atoms with E-state index in [0.29, 0.717) is 0 Å². The predicted octanol–water partition coefficient (Wildman–Crippen LogP) is 5.64. The van der Waals surface area contributed by atoms with E-state index in [1.54, 1.807) is 16.6 Å². The molecule has 0 aliphatic heterocycles. The summed E-state index contributed by atoms with van der Waals surface area (Å²) in [4.78, 5) is 28.3. The standard InChI is InChI=1S/C25H25N5O3S/c1-16-23(17-10-6-5-7-11-17)24-27-20(25(2,3)4)14-22(29(24)28-16)34-15-21(31)26-18-12-8-9-13-19(18)30(32)33/h5-14H,15H2,1-4H3,(H,26,31). The lowest BCUT2D eigenvalue weighted by atomic mass is 9.92. The normalized spacial score (nSPS) is 11.5. The fourth-order valence-corrected chi connectivity index (χ4v) is 4.39. The summed E-state index contributed by atoms with van der Waals surface area (Å²) >= 11 is 1.32. The third kappa shape index (κ3) is 4.79. The van der Waals surface area contributed by atoms with Crippen LogP contribution in [0, 0.1) is 17.0 Å². The molecule has 2 heterocycles. The average molecular weight is 476 g/mol. The molecule has 0 bridgehead atoms. The van der Waals surface area contributed by atoms with Crippen LogP contribution in [0.25, 0.3) is 16.8 Å². The summed E-state index contributed by atoms with van der Waals surface area (Å²) in [7, 11) is 0. The van der Waals surface area contributed by atoms with Gasteiger partial charge >= 0.3 is 0 Å². The van der Waals surface area contributed by atoms with Crippen molar-refractivity contribution < 1.29 is 9.72 Å². The minimum atomic E-state index is -0.512. The third-order valence-corrected chi connectivity index (χ3v) is 6.28. The van der Waals surface area contributed by atoms with Gasteiger partial charge in [-0.1, -0.05) is 75.0 Å². The highest BCUT2D eigenvalue weighted by molar-refractivity contribution is 7.99. The van der Waals surface area contributed by atoms with Crippen LogP contribution in [0.1, 0.15) is 32.2 Å². The van der Waals surface area contributed by atoms with Gasteiger partial charge in [-0.2, -0.15) is 5.10 Å². The molecule has 8 nitrogen and oxygen atoms in total. The summed E-state index contributed by atoms with van der Waals surface area (Å²) < 4.78 is 1.77. The van der Waals surface area contributed by atoms with Gasteiger partial charge in [0.25, 0.3) is 5.69 Å². The van der Waals surface area contributed by atoms with Crippen LogP contribution >= 0.6 is 11.8 Å². The van der Waals surface area contributed by atoms with Crippen molar-refractivity contribution in [1.29, 1.82) is 0 Å². The van der Waals surface area contributed by atoms with Crippen LogP contribution in [0.2, 0.25) is 0 Å². The van der Waals surface area contributed by atoms with Crippen LogP contribution in [0.15, 0.2) is 65.7 Å². The Morgan fingerprint density at radius 1 is 1.12 bits per heavy atom. The molecule has 4 rings (SSSR count). The Bertz CT molecular complexity index is 1380. The zero-order valence-electron chi connectivity index (χ0n) is 19.4. The molecule has 2 aromatic heterocycles. The van der Waals surface area contributed by atoms with Crippen LogP contribution < -0.4 is 5.32 Å². The Balaban J connectivity index is 1.69. The van der Waals surface area contributed by atoms with Gasteiger partial charge in [0.05, 0.1) is 22.1 Å². The van der Waals surface area contributed by atoms with Crippen LogP contribution in [0.3, 0.4) is 0 Å². The number of aryl methyl sites for hydroxylation is 1. The molecule has 0 radical (unpaired) electrons. The Morgan fingerprint density at radius 3 is 2.47 bits per heavy atom. The van der Waals surface area contributed by atoms with Crippen molar-refractivity contribution in [2.24, 2.45) is 0 Å². The minimum absolute atomic E-state index is 0.0638. The van der Waals surface area contributed by atoms with Gasteiger partial charge in [-0.25, -0.2) is 9.50 Å². The maximum absolute atomic E-state index is 12.7. The molecule has 0 saturated heterocycles. The highest BCUT2D eigenvalue weighted by atomic mass is 32.2. The lowest BCUT2D eigenvalue weighted by Gasteiger charge is -2.19. The Hall–Kier alpha value is -3.72. The number of aromatic nitrogens is 3. The number of para-hydroxylation sites is 2. The Kier molecular flexibility index (Phi) is 6.39. The quantitative estimate of drug-likeness (QED) is 0.168. The number of hydrogen-bond acceptors (Lipinski definition) is 6. The monoisotopic (exact) mass is 475 g/mol. The Morgan fingerprint density at radius 2 is 1.79 bits per heavy atom. The largest absolute Gasteiger partial charge is 0.320 e. The zero-order valence-corrected chi connectivity index (χ0v) is 20.2. The second-order valence-electron chi connectivity index (χ2n) is 8.90. The van der Waals surface area contributed by atoms with Gasteiger partial charge in [-0.3, -0.25) is 14.9 Å². The van der Waals surface area contributed by atoms with Gasteiger partial charge in [0.15, 0.2) is 5.65 Å². The second kappa shape index (κ2) is 9.26. The number of nitrogens with zero attached hydrogens (tertiary/aromatic N) is 4. The molecule has 0 aliphatic rings. The number of nitro groups is 1. The van der Waals surface area contributed by atoms with E-state index in [9.17, 15) is 14.9 Å². The molecule has 0 saturated carbocycles. The first kappa shape index (κ1) is 23.4. The van der Waals surface area contributed by atoms with Gasteiger partial charge < -0.3 is 5.32 Å². The zero-order chi connectivity index (χ0) is 24.5. The van der Waals surface area contributed by atoms with Crippen molar-refractivity contribution >= 4 is 34.7 Å². The summed E-state index contributed by atoms with van der Waals surface area (Å²) in [5, 5.41) is 19.4. The number of nitro benzene ring substituents is 1. The molecule has 2 aromatic carbocycles. The maximum atomic E-state index is 12.7. The maximum Gasteiger partial charge on any atom is 0.292 e. The first-order valence-electron chi connectivity index (χ1n) is 10.8. The Labute approximate surface area is 201 Å². The number of nitrogens with one attached hydrogen (secondary N) is 1. The lowest BCUT2D eigenvalue weighted by Crippen LogP contribution is -2.17. The van der Waals surface area contributed by atoms with Crippen molar-refractivity contribution in [1.82, 2.24) is 14.6 Å². The molecular weight excluding hydrogens is 450 g/mol. The SMILES string of the molecule is Cc1nn2c(SCC(=O)Nc3ccccc3[N+](=O)[O-])cc(C(C)(C)C)nc2c1-c1ccccc1. The smallest absolute Gasteiger partial charge is 0.292 e. The van der Waals surface area contributed by atoms with Crippen LogP contribution in [0.4, 0.5) is 11.4 Å². The molecule has 9 heteroatoms. The summed E-state index contributed by atoms with van der Waals surface area (Å²) in [5.41, 5.74) is 4.27. The molecular formula is C25H25N5O3S. The van der Waals surface area contributed by atoms with Gasteiger partial charge in [-0.05, 0) is 24.6 Å². The minimum Gasteiger partial charge on any atom is -0.320 e. The number of thioether (sulfide) groups is 1. The first-order chi connectivity index (χ1) is 16.1. The van der Waals surface area contributed by atoms with Crippen LogP contribution in [-0.2, 0) is 10.2 Å². The van der Waals surface area contributed by atoms with Crippen LogP contribution in [0.5, 0.6) is 0 Å². The molecule has 4 aromatic rings. The van der Waals surface area contributed by atoms with Crippen molar-refractivity contribution in [3.63, 3.8) is 0 Å². The summed E-state index contributed by atoms with van der Waals surface area (Å²) in [5.74, 6) is -0.275. The highest BCUT2D eigenvalue weighted by Gasteiger charge is 2.23. The van der Waals surface area contributed by atoms with E-state index in [1.165, 1.54) is 23.9 Å². The number of fused-ring (bicyclic) bond motifs is 1. The van der Waals surface area contributed by atoms with Gasteiger partial charge in [0, 0.05) is 17.0 Å². The van der Waals surface area contributed by atoms with E-state index in [-0.39, 0.29) is 28.4 Å². The molecule has 34 heavy (non-hydrogen) atoms. The van der Waals surface area contributed by atoms with Crippen molar-refractivity contribution in [2.45, 2.75) is 38.1 Å². The predicted molar refractivity (Wildman–Crippen MR) is 134 cm³/mol. The van der Waals surface area contributed by atoms with Gasteiger partial charge in [0.1, 0.15) is 10.7 Å². The summed E-state index contributed by atoms with van der Waals surface area (Å²) in [6, 6.07) is 18.0. The van der Waals surface area contributed by atoms with E-state index in [1.807, 2.05) is 43.3 Å². The average Bonchev–Trinajstić information content (AvgIpc) is 3.13. The summed E-state index contributed by atoms with van der Waals surface area (Å²) in [6.45, 7) is 8.22. The highest BCUT2D eigenvalue weighted by Crippen LogP contribution is 2.33. The number of amides is 1. The molecule has 0 atom stereocenters. The molecule has 174 valence electrons. The second-order valence-corrected chi connectivity index (χ2v) is 9.90. The van der Waals surface area contributed by atoms with Gasteiger partial charge in [-0.15, -0.1) is 0 Å². The van der Waals surface area contributed by atoms with E-state index in [0.717, 1.165) is 33.2 Å². The van der Waals surface area contributed by atoms with Gasteiger partial charge in [0.2, 0.25) is 5.91 Å². The fraction of sp³-hybridized carbons (Fsp3) is 0.240. The van der Waals surface area contributed by atoms with Crippen LogP contribution in [-0.4, -0.2) is 31.2 Å². The van der Waals surface area contributed by atoms with Crippen molar-refractivity contribution in [3.8, 4) is 11.1 Å². The number of rotatable bonds is 6. The van der Waals surface area contributed by atoms with Crippen molar-refractivity contribution in [2.75, 3.05) is 11.1 Å². The third-order valence-electron chi connectivity index (χ3n) is 5.29. The first-order valence-corrected chi connectivity index (χ1v) is 11.8. The topological polar surface area (TPSA) is 102 Å². The van der Waals surface area contributed by atoms with E-state index >= 15 is 0 Å². The molecule has 0 fully saturated rings. The molecule has 0 unspecified atom stereocenters. The number of anilines is 1. The van der Waals surface area contributed by atoms with E-state index in [4.69, 9.17) is 10.1 Å². The molecule has 1 N–H and O–H groups in total. The number of carbonyl (C=O) groups excluding carboxylic acids is 1. The molecule has 0 spiro atoms. The van der Waals surface area contributed by atoms with Crippen molar-refractivity contribution in [3.05, 3.63) is 82.2 Å².